The fraction of sp³-hybridized carbons (Fsp3) is 0.167. The van der Waals surface area contributed by atoms with Crippen LogP contribution in [0, 0.1) is 24.1 Å². The fourth-order valence-corrected chi connectivity index (χ4v) is 1.47. The van der Waals surface area contributed by atoms with Crippen molar-refractivity contribution >= 4 is 22.6 Å². The van der Waals surface area contributed by atoms with Crippen molar-refractivity contribution in [1.29, 1.82) is 5.26 Å². The van der Waals surface area contributed by atoms with Crippen molar-refractivity contribution < 1.29 is 4.39 Å². The van der Waals surface area contributed by atoms with Crippen molar-refractivity contribution in [3.05, 3.63) is 40.8 Å². The van der Waals surface area contributed by atoms with Gasteiger partial charge < -0.3 is 11.5 Å². The molecule has 0 aliphatic rings. The van der Waals surface area contributed by atoms with Crippen LogP contribution in [0.2, 0.25) is 0 Å². The molecule has 0 aliphatic carbocycles. The predicted octanol–water partition coefficient (Wildman–Crippen LogP) is 1.96. The van der Waals surface area contributed by atoms with Crippen LogP contribution in [0.1, 0.15) is 11.1 Å². The van der Waals surface area contributed by atoms with Crippen LogP contribution in [0.3, 0.4) is 0 Å². The summed E-state index contributed by atoms with van der Waals surface area (Å²) in [5.41, 5.74) is 11.9. The van der Waals surface area contributed by atoms with Crippen LogP contribution < -0.4 is 11.5 Å². The first kappa shape index (κ1) is 14.1. The number of thioether (sulfide) groups is 1. The summed E-state index contributed by atoms with van der Waals surface area (Å²) in [6.07, 6.45) is 1.73. The molecule has 0 amide bonds. The van der Waals surface area contributed by atoms with E-state index < -0.39 is 5.82 Å². The lowest BCUT2D eigenvalue weighted by Crippen LogP contribution is -2.08. The zero-order chi connectivity index (χ0) is 13.7. The van der Waals surface area contributed by atoms with E-state index in [-0.39, 0.29) is 22.1 Å². The van der Waals surface area contributed by atoms with Crippen LogP contribution in [0.25, 0.3) is 5.70 Å². The lowest BCUT2D eigenvalue weighted by molar-refractivity contribution is 0.622. The largest absolute Gasteiger partial charge is 0.388 e. The SMILES string of the molecule is CS/C(N)=N/C(=C(\N)C#N)c1ccc(C)cc1F. The number of nitrogens with zero attached hydrogens (tertiary/aromatic N) is 2. The van der Waals surface area contributed by atoms with E-state index in [2.05, 4.69) is 4.99 Å². The molecule has 0 aliphatic heterocycles. The van der Waals surface area contributed by atoms with Crippen LogP contribution in [0.5, 0.6) is 0 Å². The average molecular weight is 264 g/mol. The first-order valence-electron chi connectivity index (χ1n) is 5.04. The average Bonchev–Trinajstić information content (AvgIpc) is 2.35. The Morgan fingerprint density at radius 2 is 2.11 bits per heavy atom. The van der Waals surface area contributed by atoms with Gasteiger partial charge in [0, 0.05) is 5.56 Å². The van der Waals surface area contributed by atoms with Gasteiger partial charge in [-0.1, -0.05) is 17.8 Å². The van der Waals surface area contributed by atoms with Gasteiger partial charge in [-0.2, -0.15) is 5.26 Å². The summed E-state index contributed by atoms with van der Waals surface area (Å²) in [6, 6.07) is 6.35. The molecule has 4 N–H and O–H groups in total. The molecule has 18 heavy (non-hydrogen) atoms. The number of aliphatic imine (C=N–C) groups is 1. The minimum atomic E-state index is -0.485. The van der Waals surface area contributed by atoms with Crippen LogP contribution in [-0.4, -0.2) is 11.4 Å². The number of aryl methyl sites for hydroxylation is 1. The topological polar surface area (TPSA) is 88.2 Å². The lowest BCUT2D eigenvalue weighted by Gasteiger charge is -2.07. The van der Waals surface area contributed by atoms with Crippen LogP contribution in [-0.2, 0) is 0 Å². The van der Waals surface area contributed by atoms with E-state index >= 15 is 0 Å². The van der Waals surface area contributed by atoms with Gasteiger partial charge in [-0.3, -0.25) is 0 Å². The van der Waals surface area contributed by atoms with Gasteiger partial charge >= 0.3 is 0 Å². The molecule has 0 aromatic heterocycles. The van der Waals surface area contributed by atoms with E-state index in [0.29, 0.717) is 0 Å². The molecule has 0 atom stereocenters. The van der Waals surface area contributed by atoms with Gasteiger partial charge in [0.2, 0.25) is 0 Å². The Balaban J connectivity index is 3.43. The number of amidine groups is 1. The standard InChI is InChI=1S/C12H13FN4S/c1-7-3-4-8(9(13)5-7)11(10(15)6-14)17-12(16)18-2/h3-5H,15H2,1-2H3,(H2,16,17)/b11-10-. The summed E-state index contributed by atoms with van der Waals surface area (Å²) in [6.45, 7) is 1.77. The Morgan fingerprint density at radius 3 is 2.61 bits per heavy atom. The summed E-state index contributed by atoms with van der Waals surface area (Å²) in [7, 11) is 0. The van der Waals surface area contributed by atoms with Crippen LogP contribution >= 0.6 is 11.8 Å². The molecule has 0 radical (unpaired) electrons. The number of nitrogens with two attached hydrogens (primary N) is 2. The first-order valence-corrected chi connectivity index (χ1v) is 6.26. The second-order valence-electron chi connectivity index (χ2n) is 3.51. The van der Waals surface area contributed by atoms with E-state index in [0.717, 1.165) is 5.56 Å². The summed E-state index contributed by atoms with van der Waals surface area (Å²) in [4.78, 5) is 3.98. The van der Waals surface area contributed by atoms with Gasteiger partial charge in [-0.05, 0) is 30.9 Å². The molecule has 0 saturated heterocycles. The van der Waals surface area contributed by atoms with Crippen molar-refractivity contribution in [2.75, 3.05) is 6.26 Å². The van der Waals surface area contributed by atoms with E-state index in [1.54, 1.807) is 25.3 Å². The summed E-state index contributed by atoms with van der Waals surface area (Å²) in [5.74, 6) is -0.485. The van der Waals surface area contributed by atoms with Gasteiger partial charge in [-0.25, -0.2) is 9.38 Å². The molecule has 4 nitrogen and oxygen atoms in total. The Morgan fingerprint density at radius 1 is 1.44 bits per heavy atom. The number of hydrogen-bond donors (Lipinski definition) is 2. The number of hydrogen-bond acceptors (Lipinski definition) is 4. The maximum absolute atomic E-state index is 13.8. The Bertz CT molecular complexity index is 558. The molecular weight excluding hydrogens is 251 g/mol. The van der Waals surface area contributed by atoms with Crippen LogP contribution in [0.4, 0.5) is 4.39 Å². The zero-order valence-corrected chi connectivity index (χ0v) is 10.9. The monoisotopic (exact) mass is 264 g/mol. The number of benzene rings is 1. The number of nitriles is 1. The summed E-state index contributed by atoms with van der Waals surface area (Å²) in [5, 5.41) is 9.04. The molecule has 0 fully saturated rings. The maximum Gasteiger partial charge on any atom is 0.159 e. The molecule has 1 aromatic rings. The second kappa shape index (κ2) is 6.07. The summed E-state index contributed by atoms with van der Waals surface area (Å²) < 4.78 is 13.8. The van der Waals surface area contributed by atoms with Crippen LogP contribution in [0.15, 0.2) is 28.9 Å². The van der Waals surface area contributed by atoms with Crippen molar-refractivity contribution in [2.45, 2.75) is 6.92 Å². The predicted molar refractivity (Wildman–Crippen MR) is 73.0 cm³/mol. The molecule has 0 saturated carbocycles. The molecule has 6 heteroatoms. The van der Waals surface area contributed by atoms with Crippen molar-refractivity contribution in [2.24, 2.45) is 16.5 Å². The quantitative estimate of drug-likeness (QED) is 0.485. The minimum Gasteiger partial charge on any atom is -0.388 e. The number of halogens is 1. The number of allylic oxidation sites excluding steroid dienone is 1. The van der Waals surface area contributed by atoms with Gasteiger partial charge in [0.25, 0.3) is 0 Å². The van der Waals surface area contributed by atoms with Gasteiger partial charge in [0.05, 0.1) is 0 Å². The third-order valence-corrected chi connectivity index (χ3v) is 2.70. The van der Waals surface area contributed by atoms with Crippen molar-refractivity contribution in [1.82, 2.24) is 0 Å². The lowest BCUT2D eigenvalue weighted by atomic mass is 10.1. The van der Waals surface area contributed by atoms with Gasteiger partial charge in [0.1, 0.15) is 23.3 Å². The molecule has 0 bridgehead atoms. The second-order valence-corrected chi connectivity index (χ2v) is 4.34. The molecule has 0 unspecified atom stereocenters. The molecule has 1 aromatic carbocycles. The van der Waals surface area contributed by atoms with Crippen molar-refractivity contribution in [3.8, 4) is 6.07 Å². The Kier molecular flexibility index (Phi) is 4.75. The third kappa shape index (κ3) is 3.25. The maximum atomic E-state index is 13.8. The highest BCUT2D eigenvalue weighted by atomic mass is 32.2. The normalized spacial score (nSPS) is 12.9. The molecule has 0 spiro atoms. The minimum absolute atomic E-state index is 0.0573. The molecule has 1 rings (SSSR count). The first-order chi connectivity index (χ1) is 8.49. The Hall–Kier alpha value is -2.00. The van der Waals surface area contributed by atoms with E-state index in [9.17, 15) is 4.39 Å². The highest BCUT2D eigenvalue weighted by Crippen LogP contribution is 2.23. The highest BCUT2D eigenvalue weighted by molar-refractivity contribution is 8.13. The molecular formula is C12H13FN4S. The molecule has 0 heterocycles. The van der Waals surface area contributed by atoms with Gasteiger partial charge in [0.15, 0.2) is 5.17 Å². The smallest absolute Gasteiger partial charge is 0.159 e. The Labute approximate surface area is 109 Å². The summed E-state index contributed by atoms with van der Waals surface area (Å²) >= 11 is 1.19. The molecule has 94 valence electrons. The zero-order valence-electron chi connectivity index (χ0n) is 10.1. The van der Waals surface area contributed by atoms with Gasteiger partial charge in [-0.15, -0.1) is 0 Å². The van der Waals surface area contributed by atoms with Crippen molar-refractivity contribution in [3.63, 3.8) is 0 Å². The fourth-order valence-electron chi connectivity index (χ4n) is 1.29. The number of rotatable bonds is 2. The van der Waals surface area contributed by atoms with E-state index in [1.165, 1.54) is 23.9 Å². The third-order valence-electron chi connectivity index (χ3n) is 2.19. The highest BCUT2D eigenvalue weighted by Gasteiger charge is 2.12. The van der Waals surface area contributed by atoms with E-state index in [4.69, 9.17) is 16.7 Å². The van der Waals surface area contributed by atoms with E-state index in [1.807, 2.05) is 0 Å².